The van der Waals surface area contributed by atoms with Crippen molar-refractivity contribution in [2.75, 3.05) is 24.5 Å². The number of nitrogens with zero attached hydrogens (tertiary/aromatic N) is 5. The maximum atomic E-state index is 4.51. The molecule has 3 rings (SSSR count). The lowest BCUT2D eigenvalue weighted by Gasteiger charge is -2.43. The Balaban J connectivity index is 2.13. The van der Waals surface area contributed by atoms with Crippen LogP contribution in [0.3, 0.4) is 0 Å². The number of aromatic nitrogens is 4. The highest BCUT2D eigenvalue weighted by Gasteiger charge is 2.32. The van der Waals surface area contributed by atoms with Crippen molar-refractivity contribution in [3.8, 4) is 0 Å². The number of hydrogen-bond donors (Lipinski definition) is 1. The molecule has 0 saturated carbocycles. The Bertz CT molecular complexity index is 573. The van der Waals surface area contributed by atoms with Crippen molar-refractivity contribution >= 4 is 11.5 Å². The molecule has 0 bridgehead atoms. The van der Waals surface area contributed by atoms with Crippen molar-refractivity contribution in [1.29, 1.82) is 0 Å². The van der Waals surface area contributed by atoms with Crippen molar-refractivity contribution in [2.45, 2.75) is 26.3 Å². The van der Waals surface area contributed by atoms with E-state index in [1.54, 1.807) is 0 Å². The van der Waals surface area contributed by atoms with Crippen molar-refractivity contribution in [1.82, 2.24) is 24.9 Å². The van der Waals surface area contributed by atoms with Gasteiger partial charge in [-0.2, -0.15) is 0 Å². The maximum Gasteiger partial charge on any atom is 0.203 e. The molecular formula is C12H18N6. The van der Waals surface area contributed by atoms with Gasteiger partial charge in [-0.25, -0.2) is 4.98 Å². The van der Waals surface area contributed by atoms with Crippen LogP contribution >= 0.6 is 0 Å². The third-order valence-electron chi connectivity index (χ3n) is 3.53. The average Bonchev–Trinajstić information content (AvgIpc) is 2.71. The predicted octanol–water partition coefficient (Wildman–Crippen LogP) is 0.621. The Morgan fingerprint density at radius 3 is 2.94 bits per heavy atom. The van der Waals surface area contributed by atoms with Crippen LogP contribution in [0.25, 0.3) is 5.65 Å². The summed E-state index contributed by atoms with van der Waals surface area (Å²) < 4.78 is 1.99. The molecule has 2 aromatic rings. The summed E-state index contributed by atoms with van der Waals surface area (Å²) in [5, 5.41) is 11.8. The first-order valence-electron chi connectivity index (χ1n) is 6.24. The van der Waals surface area contributed by atoms with Crippen LogP contribution < -0.4 is 10.2 Å². The van der Waals surface area contributed by atoms with E-state index in [-0.39, 0.29) is 5.54 Å². The van der Waals surface area contributed by atoms with Crippen LogP contribution in [0.2, 0.25) is 0 Å². The van der Waals surface area contributed by atoms with Crippen LogP contribution in [0.1, 0.15) is 19.7 Å². The third-order valence-corrected chi connectivity index (χ3v) is 3.53. The Hall–Kier alpha value is -1.69. The number of nitrogens with one attached hydrogen (secondary N) is 1. The van der Waals surface area contributed by atoms with E-state index in [0.717, 1.165) is 36.9 Å². The molecule has 0 aliphatic carbocycles. The lowest BCUT2D eigenvalue weighted by atomic mass is 10.0. The molecule has 0 spiro atoms. The third kappa shape index (κ3) is 1.64. The minimum atomic E-state index is 0.0347. The summed E-state index contributed by atoms with van der Waals surface area (Å²) in [7, 11) is 0. The Morgan fingerprint density at radius 2 is 2.17 bits per heavy atom. The van der Waals surface area contributed by atoms with E-state index in [1.165, 1.54) is 0 Å². The van der Waals surface area contributed by atoms with Crippen LogP contribution in [-0.4, -0.2) is 44.8 Å². The normalized spacial score (nSPS) is 19.4. The lowest BCUT2D eigenvalue weighted by molar-refractivity contribution is 0.378. The quantitative estimate of drug-likeness (QED) is 0.799. The lowest BCUT2D eigenvalue weighted by Crippen LogP contribution is -2.58. The summed E-state index contributed by atoms with van der Waals surface area (Å²) in [4.78, 5) is 6.83. The first-order valence-corrected chi connectivity index (χ1v) is 6.24. The first kappa shape index (κ1) is 11.4. The summed E-state index contributed by atoms with van der Waals surface area (Å²) in [5.74, 6) is 1.81. The molecule has 0 unspecified atom stereocenters. The summed E-state index contributed by atoms with van der Waals surface area (Å²) in [5.41, 5.74) is 0.873. The molecule has 1 aliphatic heterocycles. The van der Waals surface area contributed by atoms with Gasteiger partial charge in [-0.15, -0.1) is 10.2 Å². The van der Waals surface area contributed by atoms with E-state index in [0.29, 0.717) is 0 Å². The van der Waals surface area contributed by atoms with Crippen LogP contribution in [0, 0.1) is 6.92 Å². The smallest absolute Gasteiger partial charge is 0.203 e. The second kappa shape index (κ2) is 3.91. The maximum absolute atomic E-state index is 4.51. The zero-order chi connectivity index (χ0) is 12.8. The Morgan fingerprint density at radius 1 is 1.33 bits per heavy atom. The van der Waals surface area contributed by atoms with E-state index >= 15 is 0 Å². The molecule has 0 radical (unpaired) electrons. The van der Waals surface area contributed by atoms with E-state index in [4.69, 9.17) is 0 Å². The summed E-state index contributed by atoms with van der Waals surface area (Å²) >= 11 is 0. The molecule has 96 valence electrons. The van der Waals surface area contributed by atoms with Gasteiger partial charge in [0, 0.05) is 37.6 Å². The molecular weight excluding hydrogens is 228 g/mol. The second-order valence-electron chi connectivity index (χ2n) is 5.33. The number of anilines is 1. The highest BCUT2D eigenvalue weighted by molar-refractivity contribution is 5.65. The van der Waals surface area contributed by atoms with Gasteiger partial charge < -0.3 is 10.2 Å². The molecule has 1 saturated heterocycles. The van der Waals surface area contributed by atoms with Crippen LogP contribution in [0.15, 0.2) is 12.4 Å². The summed E-state index contributed by atoms with van der Waals surface area (Å²) in [6.45, 7) is 9.24. The van der Waals surface area contributed by atoms with Gasteiger partial charge in [-0.05, 0) is 20.8 Å². The number of aryl methyl sites for hydroxylation is 1. The van der Waals surface area contributed by atoms with Crippen molar-refractivity contribution < 1.29 is 0 Å². The molecule has 3 heterocycles. The van der Waals surface area contributed by atoms with Crippen molar-refractivity contribution in [3.63, 3.8) is 0 Å². The fraction of sp³-hybridized carbons (Fsp3) is 0.583. The number of rotatable bonds is 1. The van der Waals surface area contributed by atoms with Gasteiger partial charge in [0.25, 0.3) is 0 Å². The highest BCUT2D eigenvalue weighted by atomic mass is 15.3. The SMILES string of the molecule is Cc1nnc2c(N3CCNCC3(C)C)nccn12. The van der Waals surface area contributed by atoms with Gasteiger partial charge in [0.05, 0.1) is 0 Å². The van der Waals surface area contributed by atoms with E-state index in [9.17, 15) is 0 Å². The minimum absolute atomic E-state index is 0.0347. The number of fused-ring (bicyclic) bond motifs is 1. The van der Waals surface area contributed by atoms with Crippen LogP contribution in [-0.2, 0) is 0 Å². The molecule has 0 aromatic carbocycles. The molecule has 6 nitrogen and oxygen atoms in total. The summed E-state index contributed by atoms with van der Waals surface area (Å²) in [6.07, 6.45) is 3.72. The van der Waals surface area contributed by atoms with Gasteiger partial charge >= 0.3 is 0 Å². The molecule has 6 heteroatoms. The minimum Gasteiger partial charge on any atom is -0.346 e. The Kier molecular flexibility index (Phi) is 2.48. The first-order chi connectivity index (χ1) is 8.59. The van der Waals surface area contributed by atoms with E-state index < -0.39 is 0 Å². The molecule has 1 fully saturated rings. The van der Waals surface area contributed by atoms with Gasteiger partial charge in [-0.1, -0.05) is 0 Å². The van der Waals surface area contributed by atoms with Crippen molar-refractivity contribution in [2.24, 2.45) is 0 Å². The standard InChI is InChI=1S/C12H18N6/c1-9-15-16-11-10(14-5-6-17(9)11)18-7-4-13-8-12(18,2)3/h5-6,13H,4,7-8H2,1-3H3. The zero-order valence-electron chi connectivity index (χ0n) is 11.0. The second-order valence-corrected chi connectivity index (χ2v) is 5.33. The van der Waals surface area contributed by atoms with E-state index in [1.807, 2.05) is 23.7 Å². The average molecular weight is 246 g/mol. The predicted molar refractivity (Wildman–Crippen MR) is 69.8 cm³/mol. The fourth-order valence-corrected chi connectivity index (χ4v) is 2.49. The van der Waals surface area contributed by atoms with Gasteiger partial charge in [0.15, 0.2) is 5.82 Å². The van der Waals surface area contributed by atoms with Gasteiger partial charge in [0.2, 0.25) is 5.65 Å². The summed E-state index contributed by atoms with van der Waals surface area (Å²) in [6, 6.07) is 0. The molecule has 0 amide bonds. The van der Waals surface area contributed by atoms with Gasteiger partial charge in [-0.3, -0.25) is 4.40 Å². The topological polar surface area (TPSA) is 58.4 Å². The molecule has 2 aromatic heterocycles. The molecule has 0 atom stereocenters. The molecule has 1 N–H and O–H groups in total. The molecule has 1 aliphatic rings. The van der Waals surface area contributed by atoms with Crippen molar-refractivity contribution in [3.05, 3.63) is 18.2 Å². The monoisotopic (exact) mass is 246 g/mol. The number of piperazine rings is 1. The zero-order valence-corrected chi connectivity index (χ0v) is 11.0. The van der Waals surface area contributed by atoms with Gasteiger partial charge in [0.1, 0.15) is 5.82 Å². The fourth-order valence-electron chi connectivity index (χ4n) is 2.49. The van der Waals surface area contributed by atoms with E-state index in [2.05, 4.69) is 39.2 Å². The molecule has 18 heavy (non-hydrogen) atoms. The van der Waals surface area contributed by atoms with Crippen LogP contribution in [0.5, 0.6) is 0 Å². The Labute approximate surface area is 106 Å². The largest absolute Gasteiger partial charge is 0.346 e. The highest BCUT2D eigenvalue weighted by Crippen LogP contribution is 2.26. The number of hydrogen-bond acceptors (Lipinski definition) is 5. The van der Waals surface area contributed by atoms with Crippen LogP contribution in [0.4, 0.5) is 5.82 Å².